The minimum Gasteiger partial charge on any atom is -0.494 e. The van der Waals surface area contributed by atoms with Gasteiger partial charge in [0, 0.05) is 0 Å². The van der Waals surface area contributed by atoms with Gasteiger partial charge in [0.15, 0.2) is 0 Å². The fourth-order valence-corrected chi connectivity index (χ4v) is 3.44. The predicted octanol–water partition coefficient (Wildman–Crippen LogP) is 8.75. The number of rotatable bonds is 17. The molecule has 5 nitrogen and oxygen atoms in total. The Morgan fingerprint density at radius 3 is 1.97 bits per heavy atom. The van der Waals surface area contributed by atoms with E-state index in [4.69, 9.17) is 9.47 Å². The van der Waals surface area contributed by atoms with Crippen molar-refractivity contribution in [3.63, 3.8) is 0 Å². The third kappa shape index (κ3) is 11.4. The Morgan fingerprint density at radius 2 is 1.35 bits per heavy atom. The van der Waals surface area contributed by atoms with Crippen LogP contribution >= 0.6 is 0 Å². The lowest BCUT2D eigenvalue weighted by atomic mass is 10.1. The van der Waals surface area contributed by atoms with Crippen LogP contribution in [0.2, 0.25) is 0 Å². The lowest BCUT2D eigenvalue weighted by Gasteiger charge is -2.09. The molecule has 0 fully saturated rings. The maximum absolute atomic E-state index is 11.6. The van der Waals surface area contributed by atoms with E-state index in [1.807, 2.05) is 50.2 Å². The van der Waals surface area contributed by atoms with Crippen LogP contribution in [0.25, 0.3) is 0 Å². The van der Waals surface area contributed by atoms with Gasteiger partial charge >= 0.3 is 5.97 Å². The van der Waals surface area contributed by atoms with Crippen molar-refractivity contribution in [3.8, 4) is 5.75 Å². The molecule has 186 valence electrons. The number of ether oxygens (including phenoxy) is 2. The standard InChI is InChI=1S/C29H42N2O3/c1-4-6-7-10-13-25-14-16-26(17-15-25)30-31-27-18-20-28(21-19-27)33-22-11-8-9-12-23-34-29(32)24(3)5-2/h14-21,24H,4-13,22-23H2,1-3H3. The molecular formula is C29H42N2O3. The van der Waals surface area contributed by atoms with Crippen LogP contribution in [-0.2, 0) is 16.0 Å². The van der Waals surface area contributed by atoms with E-state index in [1.54, 1.807) is 0 Å². The molecule has 2 aromatic carbocycles. The molecule has 1 unspecified atom stereocenters. The molecule has 0 N–H and O–H groups in total. The fraction of sp³-hybridized carbons (Fsp3) is 0.552. The van der Waals surface area contributed by atoms with Gasteiger partial charge in [-0.1, -0.05) is 52.2 Å². The summed E-state index contributed by atoms with van der Waals surface area (Å²) < 4.78 is 11.1. The summed E-state index contributed by atoms with van der Waals surface area (Å²) in [5.41, 5.74) is 3.04. The number of benzene rings is 2. The third-order valence-corrected chi connectivity index (χ3v) is 5.94. The van der Waals surface area contributed by atoms with Gasteiger partial charge in [-0.2, -0.15) is 10.2 Å². The number of azo groups is 1. The van der Waals surface area contributed by atoms with Crippen LogP contribution in [0, 0.1) is 5.92 Å². The minimum absolute atomic E-state index is 0.00212. The Kier molecular flexibility index (Phi) is 13.7. The van der Waals surface area contributed by atoms with Gasteiger partial charge in [0.2, 0.25) is 0 Å². The lowest BCUT2D eigenvalue weighted by molar-refractivity contribution is -0.148. The first-order valence-electron chi connectivity index (χ1n) is 13.0. The summed E-state index contributed by atoms with van der Waals surface area (Å²) in [6.07, 6.45) is 11.1. The Bertz CT molecular complexity index is 831. The molecule has 2 rings (SSSR count). The van der Waals surface area contributed by atoms with Crippen LogP contribution in [0.5, 0.6) is 5.75 Å². The highest BCUT2D eigenvalue weighted by atomic mass is 16.5. The van der Waals surface area contributed by atoms with E-state index >= 15 is 0 Å². The van der Waals surface area contributed by atoms with E-state index in [2.05, 4.69) is 29.3 Å². The Morgan fingerprint density at radius 1 is 0.765 bits per heavy atom. The number of hydrogen-bond donors (Lipinski definition) is 0. The van der Waals surface area contributed by atoms with Gasteiger partial charge in [0.1, 0.15) is 5.75 Å². The normalized spacial score (nSPS) is 12.1. The SMILES string of the molecule is CCCCCCc1ccc(N=Nc2ccc(OCCCCCCOC(=O)C(C)CC)cc2)cc1. The van der Waals surface area contributed by atoms with E-state index in [0.717, 1.165) is 55.6 Å². The van der Waals surface area contributed by atoms with E-state index < -0.39 is 0 Å². The van der Waals surface area contributed by atoms with Gasteiger partial charge in [-0.05, 0) is 86.9 Å². The van der Waals surface area contributed by atoms with Gasteiger partial charge in [-0.3, -0.25) is 4.79 Å². The summed E-state index contributed by atoms with van der Waals surface area (Å²) in [6, 6.07) is 16.1. The van der Waals surface area contributed by atoms with Crippen molar-refractivity contribution in [1.29, 1.82) is 0 Å². The van der Waals surface area contributed by atoms with Crippen LogP contribution in [0.3, 0.4) is 0 Å². The Hall–Kier alpha value is -2.69. The summed E-state index contributed by atoms with van der Waals surface area (Å²) in [6.45, 7) is 7.34. The highest BCUT2D eigenvalue weighted by Crippen LogP contribution is 2.22. The van der Waals surface area contributed by atoms with Gasteiger partial charge in [-0.15, -0.1) is 0 Å². The van der Waals surface area contributed by atoms with Crippen molar-refractivity contribution in [2.24, 2.45) is 16.1 Å². The largest absolute Gasteiger partial charge is 0.494 e. The zero-order valence-corrected chi connectivity index (χ0v) is 21.3. The first-order valence-corrected chi connectivity index (χ1v) is 13.0. The Balaban J connectivity index is 1.60. The zero-order valence-electron chi connectivity index (χ0n) is 21.3. The molecule has 0 spiro atoms. The average Bonchev–Trinajstić information content (AvgIpc) is 2.87. The lowest BCUT2D eigenvalue weighted by Crippen LogP contribution is -2.14. The smallest absolute Gasteiger partial charge is 0.308 e. The van der Waals surface area contributed by atoms with Crippen molar-refractivity contribution in [1.82, 2.24) is 0 Å². The number of esters is 1. The van der Waals surface area contributed by atoms with Crippen LogP contribution in [-0.4, -0.2) is 19.2 Å². The van der Waals surface area contributed by atoms with Crippen LogP contribution in [0.15, 0.2) is 58.8 Å². The van der Waals surface area contributed by atoms with Crippen LogP contribution in [0.4, 0.5) is 11.4 Å². The number of carbonyl (C=O) groups excluding carboxylic acids is 1. The molecule has 0 aliphatic heterocycles. The molecule has 0 heterocycles. The molecule has 0 aliphatic carbocycles. The first kappa shape index (κ1) is 27.6. The molecule has 0 aromatic heterocycles. The van der Waals surface area contributed by atoms with Gasteiger partial charge in [-0.25, -0.2) is 0 Å². The minimum atomic E-state index is -0.0834. The quantitative estimate of drug-likeness (QED) is 0.133. The number of carbonyl (C=O) groups is 1. The molecule has 1 atom stereocenters. The second kappa shape index (κ2) is 16.9. The van der Waals surface area contributed by atoms with Crippen molar-refractivity contribution in [3.05, 3.63) is 54.1 Å². The van der Waals surface area contributed by atoms with Crippen molar-refractivity contribution < 1.29 is 14.3 Å². The summed E-state index contributed by atoms with van der Waals surface area (Å²) in [4.78, 5) is 11.6. The van der Waals surface area contributed by atoms with Gasteiger partial charge in [0.05, 0.1) is 30.5 Å². The highest BCUT2D eigenvalue weighted by Gasteiger charge is 2.10. The first-order chi connectivity index (χ1) is 16.6. The molecule has 0 aliphatic rings. The molecule has 0 amide bonds. The highest BCUT2D eigenvalue weighted by molar-refractivity contribution is 5.71. The van der Waals surface area contributed by atoms with E-state index in [-0.39, 0.29) is 11.9 Å². The fourth-order valence-electron chi connectivity index (χ4n) is 3.44. The molecule has 5 heteroatoms. The molecule has 0 saturated carbocycles. The van der Waals surface area contributed by atoms with Crippen LogP contribution < -0.4 is 4.74 Å². The third-order valence-electron chi connectivity index (χ3n) is 5.94. The molecule has 0 saturated heterocycles. The number of aryl methyl sites for hydroxylation is 1. The van der Waals surface area contributed by atoms with Crippen LogP contribution in [0.1, 0.15) is 84.1 Å². The Labute approximate surface area is 206 Å². The maximum atomic E-state index is 11.6. The van der Waals surface area contributed by atoms with E-state index in [1.165, 1.54) is 31.2 Å². The zero-order chi connectivity index (χ0) is 24.4. The molecular weight excluding hydrogens is 424 g/mol. The van der Waals surface area contributed by atoms with Gasteiger partial charge < -0.3 is 9.47 Å². The van der Waals surface area contributed by atoms with Gasteiger partial charge in [0.25, 0.3) is 0 Å². The summed E-state index contributed by atoms with van der Waals surface area (Å²) in [7, 11) is 0. The average molecular weight is 467 g/mol. The van der Waals surface area contributed by atoms with Crippen molar-refractivity contribution in [2.75, 3.05) is 13.2 Å². The predicted molar refractivity (Wildman–Crippen MR) is 139 cm³/mol. The monoisotopic (exact) mass is 466 g/mol. The van der Waals surface area contributed by atoms with E-state index in [9.17, 15) is 4.79 Å². The summed E-state index contributed by atoms with van der Waals surface area (Å²) in [5, 5.41) is 8.68. The van der Waals surface area contributed by atoms with Crippen molar-refractivity contribution >= 4 is 17.3 Å². The molecule has 2 aromatic rings. The maximum Gasteiger partial charge on any atom is 0.308 e. The number of hydrogen-bond acceptors (Lipinski definition) is 5. The van der Waals surface area contributed by atoms with Crippen molar-refractivity contribution in [2.45, 2.75) is 85.0 Å². The summed E-state index contributed by atoms with van der Waals surface area (Å²) in [5.74, 6) is 0.756. The molecule has 0 radical (unpaired) electrons. The second-order valence-corrected chi connectivity index (χ2v) is 8.91. The second-order valence-electron chi connectivity index (χ2n) is 8.91. The topological polar surface area (TPSA) is 60.3 Å². The summed E-state index contributed by atoms with van der Waals surface area (Å²) >= 11 is 0. The molecule has 34 heavy (non-hydrogen) atoms. The molecule has 0 bridgehead atoms. The van der Waals surface area contributed by atoms with E-state index in [0.29, 0.717) is 13.2 Å². The number of unbranched alkanes of at least 4 members (excludes halogenated alkanes) is 6. The number of nitrogens with zero attached hydrogens (tertiary/aromatic N) is 2.